The van der Waals surface area contributed by atoms with Crippen LogP contribution in [0.25, 0.3) is 10.9 Å². The van der Waals surface area contributed by atoms with E-state index in [1.54, 1.807) is 0 Å². The van der Waals surface area contributed by atoms with E-state index in [0.717, 1.165) is 36.0 Å². The van der Waals surface area contributed by atoms with E-state index in [2.05, 4.69) is 39.5 Å². The van der Waals surface area contributed by atoms with Crippen LogP contribution >= 0.6 is 0 Å². The number of nitrogens with one attached hydrogen (secondary N) is 2. The van der Waals surface area contributed by atoms with Gasteiger partial charge in [-0.3, -0.25) is 19.8 Å². The summed E-state index contributed by atoms with van der Waals surface area (Å²) < 4.78 is 0. The molecule has 174 valence electrons. The van der Waals surface area contributed by atoms with Gasteiger partial charge in [0, 0.05) is 29.7 Å². The molecule has 0 spiro atoms. The smallest absolute Gasteiger partial charge is 0.241 e. The average Bonchev–Trinajstić information content (AvgIpc) is 3.29. The number of para-hydroxylation sites is 1. The van der Waals surface area contributed by atoms with Crippen molar-refractivity contribution in [1.29, 1.82) is 0 Å². The largest absolute Gasteiger partial charge is 0.357 e. The number of hydrogen-bond donors (Lipinski definition) is 2. The molecule has 4 heterocycles. The summed E-state index contributed by atoms with van der Waals surface area (Å²) in [5.74, 6) is -0.742. The fourth-order valence-electron chi connectivity index (χ4n) is 7.11. The van der Waals surface area contributed by atoms with Crippen LogP contribution in [0.2, 0.25) is 0 Å². The van der Waals surface area contributed by atoms with E-state index in [-0.39, 0.29) is 29.7 Å². The average molecular weight is 462 g/mol. The number of hydrogen-bond acceptors (Lipinski definition) is 3. The van der Waals surface area contributed by atoms with Gasteiger partial charge in [0.1, 0.15) is 5.41 Å². The maximum absolute atomic E-state index is 14.0. The highest BCUT2D eigenvalue weighted by Gasteiger charge is 2.60. The van der Waals surface area contributed by atoms with Gasteiger partial charge in [0.2, 0.25) is 11.8 Å². The summed E-state index contributed by atoms with van der Waals surface area (Å²) in [6, 6.07) is 28.7. The van der Waals surface area contributed by atoms with Gasteiger partial charge < -0.3 is 4.98 Å². The first-order chi connectivity index (χ1) is 17.2. The van der Waals surface area contributed by atoms with Crippen molar-refractivity contribution in [1.82, 2.24) is 15.2 Å². The molecule has 2 amide bonds. The fraction of sp³-hybridized carbons (Fsp3) is 0.267. The molecule has 5 heteroatoms. The molecule has 3 aliphatic rings. The van der Waals surface area contributed by atoms with Gasteiger partial charge >= 0.3 is 0 Å². The van der Waals surface area contributed by atoms with Gasteiger partial charge in [-0.15, -0.1) is 0 Å². The van der Waals surface area contributed by atoms with Crippen molar-refractivity contribution in [3.63, 3.8) is 0 Å². The lowest BCUT2D eigenvalue weighted by molar-refractivity contribution is -0.148. The molecule has 35 heavy (non-hydrogen) atoms. The monoisotopic (exact) mass is 461 g/mol. The van der Waals surface area contributed by atoms with Gasteiger partial charge in [-0.05, 0) is 41.5 Å². The van der Waals surface area contributed by atoms with Gasteiger partial charge in [0.25, 0.3) is 0 Å². The zero-order chi connectivity index (χ0) is 23.6. The number of H-pyrrole nitrogens is 1. The van der Waals surface area contributed by atoms with Crippen LogP contribution in [0.5, 0.6) is 0 Å². The van der Waals surface area contributed by atoms with Crippen LogP contribution in [-0.2, 0) is 21.4 Å². The number of carbonyl (C=O) groups is 2. The van der Waals surface area contributed by atoms with E-state index in [9.17, 15) is 9.59 Å². The summed E-state index contributed by atoms with van der Waals surface area (Å²) in [6.07, 6.45) is 1.71. The molecule has 0 aliphatic carbocycles. The molecule has 2 N–H and O–H groups in total. The summed E-state index contributed by atoms with van der Waals surface area (Å²) in [4.78, 5) is 33.4. The first-order valence-corrected chi connectivity index (χ1v) is 12.5. The Morgan fingerprint density at radius 3 is 2.20 bits per heavy atom. The zero-order valence-corrected chi connectivity index (χ0v) is 19.4. The van der Waals surface area contributed by atoms with Crippen LogP contribution in [0, 0.1) is 11.8 Å². The predicted molar refractivity (Wildman–Crippen MR) is 135 cm³/mol. The van der Waals surface area contributed by atoms with Crippen molar-refractivity contribution in [2.75, 3.05) is 13.1 Å². The molecule has 1 aromatic heterocycles. The first-order valence-electron chi connectivity index (χ1n) is 12.5. The third-order valence-corrected chi connectivity index (χ3v) is 8.61. The molecule has 0 unspecified atom stereocenters. The second-order valence-corrected chi connectivity index (χ2v) is 10.1. The zero-order valence-electron chi connectivity index (χ0n) is 19.4. The molecule has 3 aliphatic heterocycles. The molecular formula is C30H27N3O2. The van der Waals surface area contributed by atoms with E-state index >= 15 is 0 Å². The van der Waals surface area contributed by atoms with Crippen LogP contribution < -0.4 is 5.32 Å². The second-order valence-electron chi connectivity index (χ2n) is 10.1. The molecule has 5 nitrogen and oxygen atoms in total. The lowest BCUT2D eigenvalue weighted by atomic mass is 9.56. The van der Waals surface area contributed by atoms with Crippen LogP contribution in [-0.4, -0.2) is 34.8 Å². The molecule has 2 saturated heterocycles. The number of rotatable bonds is 2. The van der Waals surface area contributed by atoms with Gasteiger partial charge in [-0.2, -0.15) is 0 Å². The van der Waals surface area contributed by atoms with Crippen molar-refractivity contribution in [3.05, 3.63) is 107 Å². The standard InChI is InChI=1S/C30H27N3O2/c34-28-23-18-33-16-15-22-21-13-7-8-14-25(21)31-27(22)26(33)17-24(23)30(29(35)32-28,19-9-3-1-4-10-19)20-11-5-2-6-12-20/h1-14,23-24,26,31H,15-18H2,(H,32,34,35)/t23-,24-,26+/m0/s1. The summed E-state index contributed by atoms with van der Waals surface area (Å²) in [7, 11) is 0. The number of aromatic amines is 1. The van der Waals surface area contributed by atoms with Crippen molar-refractivity contribution in [3.8, 4) is 0 Å². The van der Waals surface area contributed by atoms with Crippen LogP contribution in [0.4, 0.5) is 0 Å². The molecule has 0 radical (unpaired) electrons. The van der Waals surface area contributed by atoms with E-state index in [0.29, 0.717) is 6.54 Å². The number of nitrogens with zero attached hydrogens (tertiary/aromatic N) is 1. The molecule has 2 fully saturated rings. The highest BCUT2D eigenvalue weighted by Crippen LogP contribution is 2.53. The number of fused-ring (bicyclic) bond motifs is 6. The topological polar surface area (TPSA) is 65.2 Å². The highest BCUT2D eigenvalue weighted by atomic mass is 16.2. The predicted octanol–water partition coefficient (Wildman–Crippen LogP) is 4.35. The molecule has 0 bridgehead atoms. The number of carbonyl (C=O) groups excluding carboxylic acids is 2. The quantitative estimate of drug-likeness (QED) is 0.437. The molecule has 0 saturated carbocycles. The van der Waals surface area contributed by atoms with Crippen molar-refractivity contribution in [2.24, 2.45) is 11.8 Å². The molecule has 4 aromatic rings. The number of piperidine rings is 2. The maximum atomic E-state index is 14.0. The van der Waals surface area contributed by atoms with Crippen molar-refractivity contribution in [2.45, 2.75) is 24.3 Å². The van der Waals surface area contributed by atoms with Gasteiger partial charge in [-0.25, -0.2) is 0 Å². The Morgan fingerprint density at radius 2 is 1.49 bits per heavy atom. The number of imide groups is 1. The van der Waals surface area contributed by atoms with E-state index in [1.165, 1.54) is 16.6 Å². The summed E-state index contributed by atoms with van der Waals surface area (Å²) >= 11 is 0. The van der Waals surface area contributed by atoms with Crippen molar-refractivity contribution < 1.29 is 9.59 Å². The third-order valence-electron chi connectivity index (χ3n) is 8.61. The minimum Gasteiger partial charge on any atom is -0.357 e. The van der Waals surface area contributed by atoms with Gasteiger partial charge in [0.15, 0.2) is 0 Å². The second kappa shape index (κ2) is 7.65. The Kier molecular flexibility index (Phi) is 4.52. The first kappa shape index (κ1) is 20.7. The van der Waals surface area contributed by atoms with Gasteiger partial charge in [0.05, 0.1) is 12.0 Å². The van der Waals surface area contributed by atoms with E-state index < -0.39 is 5.41 Å². The Hall–Kier alpha value is -3.70. The maximum Gasteiger partial charge on any atom is 0.241 e. The highest BCUT2D eigenvalue weighted by molar-refractivity contribution is 6.07. The minimum absolute atomic E-state index is 0.136. The Balaban J connectivity index is 1.43. The Morgan fingerprint density at radius 1 is 0.829 bits per heavy atom. The summed E-state index contributed by atoms with van der Waals surface area (Å²) in [5, 5.41) is 4.08. The normalized spacial score (nSPS) is 25.4. The Labute approximate surface area is 204 Å². The molecule has 3 atom stereocenters. The van der Waals surface area contributed by atoms with Crippen LogP contribution in [0.3, 0.4) is 0 Å². The third kappa shape index (κ3) is 2.85. The summed E-state index contributed by atoms with van der Waals surface area (Å²) in [5.41, 5.74) is 4.79. The van der Waals surface area contributed by atoms with Crippen molar-refractivity contribution >= 4 is 22.7 Å². The van der Waals surface area contributed by atoms with Crippen LogP contribution in [0.15, 0.2) is 84.9 Å². The molecular weight excluding hydrogens is 434 g/mol. The Bertz CT molecular complexity index is 1400. The lowest BCUT2D eigenvalue weighted by Gasteiger charge is -2.54. The number of aromatic nitrogens is 1. The number of benzene rings is 3. The number of amides is 2. The minimum atomic E-state index is -0.920. The molecule has 7 rings (SSSR count). The SMILES string of the molecule is O=C1NC(=O)C(c2ccccc2)(c2ccccc2)[C@H]2C[C@@H]3c4[nH]c5ccccc5c4CCN3C[C@H]12. The van der Waals surface area contributed by atoms with Crippen LogP contribution in [0.1, 0.15) is 34.8 Å². The summed E-state index contributed by atoms with van der Waals surface area (Å²) in [6.45, 7) is 1.58. The van der Waals surface area contributed by atoms with Gasteiger partial charge in [-0.1, -0.05) is 78.9 Å². The lowest BCUT2D eigenvalue weighted by Crippen LogP contribution is -2.66. The fourth-order valence-corrected chi connectivity index (χ4v) is 7.11. The van der Waals surface area contributed by atoms with E-state index in [4.69, 9.17) is 0 Å². The van der Waals surface area contributed by atoms with E-state index in [1.807, 2.05) is 60.7 Å². The molecule has 3 aromatic carbocycles.